The maximum atomic E-state index is 10.8. The van der Waals surface area contributed by atoms with Gasteiger partial charge in [0, 0.05) is 5.38 Å². The van der Waals surface area contributed by atoms with Gasteiger partial charge in [-0.3, -0.25) is 0 Å². The van der Waals surface area contributed by atoms with Crippen LogP contribution in [0.3, 0.4) is 0 Å². The Morgan fingerprint density at radius 2 is 2.29 bits per heavy atom. The minimum Gasteiger partial charge on any atom is -0.476 e. The van der Waals surface area contributed by atoms with E-state index in [1.165, 1.54) is 30.6 Å². The summed E-state index contributed by atoms with van der Waals surface area (Å²) in [5.41, 5.74) is 0.141. The summed E-state index contributed by atoms with van der Waals surface area (Å²) in [5.74, 6) is -0.229. The van der Waals surface area contributed by atoms with E-state index in [2.05, 4.69) is 4.98 Å². The van der Waals surface area contributed by atoms with Crippen molar-refractivity contribution in [3.05, 3.63) is 16.1 Å². The van der Waals surface area contributed by atoms with Gasteiger partial charge >= 0.3 is 5.97 Å². The van der Waals surface area contributed by atoms with E-state index in [0.717, 1.165) is 23.8 Å². The maximum absolute atomic E-state index is 10.8. The van der Waals surface area contributed by atoms with Gasteiger partial charge in [0.05, 0.1) is 6.10 Å². The van der Waals surface area contributed by atoms with Crippen LogP contribution in [0.15, 0.2) is 5.38 Å². The number of aromatic nitrogens is 1. The molecule has 0 radical (unpaired) electrons. The van der Waals surface area contributed by atoms with E-state index in [1.807, 2.05) is 0 Å². The molecule has 2 aliphatic rings. The number of hydrogen-bond acceptors (Lipinski definition) is 4. The lowest BCUT2D eigenvalue weighted by Crippen LogP contribution is -2.27. The number of fused-ring (bicyclic) bond motifs is 1. The highest BCUT2D eigenvalue weighted by molar-refractivity contribution is 7.09. The van der Waals surface area contributed by atoms with Gasteiger partial charge in [-0.1, -0.05) is 6.42 Å². The Bertz CT molecular complexity index is 431. The van der Waals surface area contributed by atoms with E-state index in [4.69, 9.17) is 9.84 Å². The van der Waals surface area contributed by atoms with Crippen molar-refractivity contribution in [3.8, 4) is 0 Å². The molecule has 1 saturated carbocycles. The van der Waals surface area contributed by atoms with Crippen molar-refractivity contribution in [3.63, 3.8) is 0 Å². The number of carbonyl (C=O) groups is 1. The molecule has 3 unspecified atom stereocenters. The summed E-state index contributed by atoms with van der Waals surface area (Å²) in [4.78, 5) is 14.9. The summed E-state index contributed by atoms with van der Waals surface area (Å²) >= 11 is 1.40. The summed E-state index contributed by atoms with van der Waals surface area (Å²) < 4.78 is 6.04. The quantitative estimate of drug-likeness (QED) is 0.880. The molecule has 2 fully saturated rings. The fraction of sp³-hybridized carbons (Fsp3) is 0.667. The van der Waals surface area contributed by atoms with Crippen LogP contribution in [0, 0.1) is 5.92 Å². The first-order chi connectivity index (χ1) is 8.24. The zero-order valence-electron chi connectivity index (χ0n) is 9.46. The maximum Gasteiger partial charge on any atom is 0.355 e. The number of carboxylic acid groups (broad SMARTS) is 1. The van der Waals surface area contributed by atoms with Gasteiger partial charge in [0.25, 0.3) is 0 Å². The molecule has 17 heavy (non-hydrogen) atoms. The largest absolute Gasteiger partial charge is 0.476 e. The van der Waals surface area contributed by atoms with Crippen LogP contribution < -0.4 is 0 Å². The molecule has 0 amide bonds. The predicted molar refractivity (Wildman–Crippen MR) is 63.3 cm³/mol. The van der Waals surface area contributed by atoms with Gasteiger partial charge in [-0.2, -0.15) is 0 Å². The summed E-state index contributed by atoms with van der Waals surface area (Å²) in [7, 11) is 0. The van der Waals surface area contributed by atoms with Crippen molar-refractivity contribution >= 4 is 17.3 Å². The van der Waals surface area contributed by atoms with Crippen LogP contribution in [0.5, 0.6) is 0 Å². The van der Waals surface area contributed by atoms with Crippen LogP contribution in [0.2, 0.25) is 0 Å². The first-order valence-corrected chi connectivity index (χ1v) is 6.96. The molecule has 2 heterocycles. The van der Waals surface area contributed by atoms with Crippen LogP contribution in [0.4, 0.5) is 0 Å². The first kappa shape index (κ1) is 11.2. The van der Waals surface area contributed by atoms with Gasteiger partial charge in [0.2, 0.25) is 0 Å². The normalized spacial score (nSPS) is 32.4. The van der Waals surface area contributed by atoms with E-state index in [-0.39, 0.29) is 11.8 Å². The molecule has 1 aromatic heterocycles. The van der Waals surface area contributed by atoms with E-state index in [1.54, 1.807) is 5.38 Å². The second-order valence-corrected chi connectivity index (χ2v) is 5.70. The lowest BCUT2D eigenvalue weighted by atomic mass is 9.94. The van der Waals surface area contributed by atoms with E-state index >= 15 is 0 Å². The Morgan fingerprint density at radius 1 is 1.41 bits per heavy atom. The van der Waals surface area contributed by atoms with Crippen molar-refractivity contribution in [1.29, 1.82) is 0 Å². The minimum absolute atomic E-state index is 0.0208. The standard InChI is InChI=1S/C12H15NO3S/c14-12(15)8-6-17-11(13-8)10-5-4-7-2-1-3-9(7)16-10/h6-7,9-10H,1-5H2,(H,14,15). The van der Waals surface area contributed by atoms with Crippen LogP contribution in [-0.4, -0.2) is 22.2 Å². The summed E-state index contributed by atoms with van der Waals surface area (Å²) in [5, 5.41) is 11.3. The van der Waals surface area contributed by atoms with Gasteiger partial charge in [-0.25, -0.2) is 9.78 Å². The zero-order chi connectivity index (χ0) is 11.8. The van der Waals surface area contributed by atoms with Crippen molar-refractivity contribution in [2.75, 3.05) is 0 Å². The van der Waals surface area contributed by atoms with E-state index < -0.39 is 5.97 Å². The van der Waals surface area contributed by atoms with Crippen molar-refractivity contribution in [2.45, 2.75) is 44.3 Å². The fourth-order valence-electron chi connectivity index (χ4n) is 2.87. The molecule has 1 saturated heterocycles. The van der Waals surface area contributed by atoms with Crippen LogP contribution in [-0.2, 0) is 4.74 Å². The number of aromatic carboxylic acids is 1. The van der Waals surface area contributed by atoms with Gasteiger partial charge < -0.3 is 9.84 Å². The predicted octanol–water partition coefficient (Wildman–Crippen LogP) is 2.86. The molecule has 92 valence electrons. The number of rotatable bonds is 2. The van der Waals surface area contributed by atoms with Gasteiger partial charge in [-0.05, 0) is 31.6 Å². The number of thiazole rings is 1. The Hall–Kier alpha value is -0.940. The van der Waals surface area contributed by atoms with Crippen LogP contribution >= 0.6 is 11.3 Å². The number of carboxylic acids is 1. The highest BCUT2D eigenvalue weighted by atomic mass is 32.1. The Morgan fingerprint density at radius 3 is 3.06 bits per heavy atom. The molecule has 0 aromatic carbocycles. The van der Waals surface area contributed by atoms with E-state index in [0.29, 0.717) is 6.10 Å². The van der Waals surface area contributed by atoms with E-state index in [9.17, 15) is 4.79 Å². The molecule has 3 rings (SSSR count). The second-order valence-electron chi connectivity index (χ2n) is 4.81. The van der Waals surface area contributed by atoms with Crippen molar-refractivity contribution in [1.82, 2.24) is 4.98 Å². The molecular weight excluding hydrogens is 238 g/mol. The fourth-order valence-corrected chi connectivity index (χ4v) is 3.73. The molecule has 1 aromatic rings. The van der Waals surface area contributed by atoms with Crippen LogP contribution in [0.1, 0.15) is 53.7 Å². The van der Waals surface area contributed by atoms with Gasteiger partial charge in [-0.15, -0.1) is 11.3 Å². The third-order valence-corrected chi connectivity index (χ3v) is 4.68. The Kier molecular flexibility index (Phi) is 2.88. The molecule has 1 aliphatic heterocycles. The number of ether oxygens (including phenoxy) is 1. The average Bonchev–Trinajstić information content (AvgIpc) is 2.97. The number of hydrogen-bond donors (Lipinski definition) is 1. The summed E-state index contributed by atoms with van der Waals surface area (Å²) in [6.45, 7) is 0. The topological polar surface area (TPSA) is 59.4 Å². The molecule has 1 aliphatic carbocycles. The highest BCUT2D eigenvalue weighted by Gasteiger charge is 2.36. The highest BCUT2D eigenvalue weighted by Crippen LogP contribution is 2.42. The molecule has 4 nitrogen and oxygen atoms in total. The third-order valence-electron chi connectivity index (χ3n) is 3.74. The lowest BCUT2D eigenvalue weighted by molar-refractivity contribution is -0.0719. The summed E-state index contributed by atoms with van der Waals surface area (Å²) in [6.07, 6.45) is 6.28. The van der Waals surface area contributed by atoms with Crippen LogP contribution in [0.25, 0.3) is 0 Å². The average molecular weight is 253 g/mol. The lowest BCUT2D eigenvalue weighted by Gasteiger charge is -2.31. The SMILES string of the molecule is O=C(O)c1csc(C2CCC3CCCC3O2)n1. The second kappa shape index (κ2) is 4.38. The Balaban J connectivity index is 1.73. The molecule has 0 bridgehead atoms. The Labute approximate surface area is 104 Å². The smallest absolute Gasteiger partial charge is 0.355 e. The first-order valence-electron chi connectivity index (χ1n) is 6.08. The third kappa shape index (κ3) is 2.09. The monoisotopic (exact) mass is 253 g/mol. The summed E-state index contributed by atoms with van der Waals surface area (Å²) in [6, 6.07) is 0. The molecule has 3 atom stereocenters. The van der Waals surface area contributed by atoms with Gasteiger partial charge in [0.15, 0.2) is 5.69 Å². The van der Waals surface area contributed by atoms with Crippen molar-refractivity contribution < 1.29 is 14.6 Å². The molecule has 1 N–H and O–H groups in total. The zero-order valence-corrected chi connectivity index (χ0v) is 10.3. The molecule has 0 spiro atoms. The van der Waals surface area contributed by atoms with Crippen molar-refractivity contribution in [2.24, 2.45) is 5.92 Å². The molecule has 5 heteroatoms. The molecular formula is C12H15NO3S. The number of nitrogens with zero attached hydrogens (tertiary/aromatic N) is 1. The minimum atomic E-state index is -0.956. The van der Waals surface area contributed by atoms with Gasteiger partial charge in [0.1, 0.15) is 11.1 Å².